The van der Waals surface area contributed by atoms with Gasteiger partial charge >= 0.3 is 0 Å². The van der Waals surface area contributed by atoms with E-state index in [1.807, 2.05) is 0 Å². The lowest BCUT2D eigenvalue weighted by Gasteiger charge is -2.11. The van der Waals surface area contributed by atoms with Gasteiger partial charge < -0.3 is 15.6 Å². The van der Waals surface area contributed by atoms with Gasteiger partial charge in [0.2, 0.25) is 16.8 Å². The molecular formula is C14H15N7O3S. The van der Waals surface area contributed by atoms with E-state index < -0.39 is 10.9 Å². The predicted octanol–water partition coefficient (Wildman–Crippen LogP) is 0.294. The van der Waals surface area contributed by atoms with Crippen LogP contribution in [0.4, 0.5) is 17.2 Å². The number of amides is 1. The Balaban J connectivity index is 1.80. The van der Waals surface area contributed by atoms with Crippen LogP contribution in [-0.4, -0.2) is 33.8 Å². The van der Waals surface area contributed by atoms with Crippen LogP contribution in [0, 0.1) is 6.92 Å². The fourth-order valence-electron chi connectivity index (χ4n) is 2.33. The van der Waals surface area contributed by atoms with Crippen molar-refractivity contribution in [3.8, 4) is 0 Å². The highest BCUT2D eigenvalue weighted by atomic mass is 32.2. The van der Waals surface area contributed by atoms with Crippen LogP contribution in [0.15, 0.2) is 30.9 Å². The minimum absolute atomic E-state index is 0.0407. The molecule has 0 unspecified atom stereocenters. The second-order valence-corrected chi connectivity index (χ2v) is 5.99. The number of nitrogens with two attached hydrogens (primary N) is 1. The van der Waals surface area contributed by atoms with E-state index in [2.05, 4.69) is 25.0 Å². The fourth-order valence-corrected chi connectivity index (χ4v) is 2.68. The molecule has 11 heteroatoms. The topological polar surface area (TPSA) is 145 Å². The van der Waals surface area contributed by atoms with Crippen molar-refractivity contribution in [2.75, 3.05) is 15.8 Å². The van der Waals surface area contributed by atoms with Gasteiger partial charge in [-0.25, -0.2) is 23.4 Å². The van der Waals surface area contributed by atoms with E-state index in [0.29, 0.717) is 22.5 Å². The zero-order valence-corrected chi connectivity index (χ0v) is 14.0. The summed E-state index contributed by atoms with van der Waals surface area (Å²) >= 11 is 0. The van der Waals surface area contributed by atoms with E-state index in [1.54, 1.807) is 29.7 Å². The number of nitrogens with zero attached hydrogens (tertiary/aromatic N) is 4. The standard InChI is InChI=1S/C14H15N7O3S/c1-8-2-3-9(20-25(23)24)4-10(8)19-11(22)5-21-7-18-14-12(21)13(15)16-6-17-14/h2-4,6-7,25H,5H2,1H3,(H,19,22)(H2,15,16,17)(H,20,23,24). The summed E-state index contributed by atoms with van der Waals surface area (Å²) in [6.07, 6.45) is 2.76. The average Bonchev–Trinajstić information content (AvgIpc) is 2.94. The van der Waals surface area contributed by atoms with E-state index in [9.17, 15) is 13.2 Å². The molecule has 2 aromatic heterocycles. The number of imidazole rings is 1. The number of aromatic nitrogens is 4. The third kappa shape index (κ3) is 3.66. The molecule has 3 aromatic rings. The minimum Gasteiger partial charge on any atom is -0.382 e. The smallest absolute Gasteiger partial charge is 0.244 e. The summed E-state index contributed by atoms with van der Waals surface area (Å²) in [5, 5.41) is 2.74. The third-order valence-electron chi connectivity index (χ3n) is 3.48. The van der Waals surface area contributed by atoms with Crippen molar-refractivity contribution >= 4 is 45.2 Å². The van der Waals surface area contributed by atoms with Crippen LogP contribution in [0.1, 0.15) is 5.56 Å². The van der Waals surface area contributed by atoms with Crippen LogP contribution in [0.5, 0.6) is 0 Å². The molecule has 3 rings (SSSR count). The molecule has 0 atom stereocenters. The van der Waals surface area contributed by atoms with Crippen LogP contribution in [0.25, 0.3) is 11.2 Å². The zero-order valence-electron chi connectivity index (χ0n) is 13.1. The molecule has 10 nitrogen and oxygen atoms in total. The number of carbonyl (C=O) groups excluding carboxylic acids is 1. The van der Waals surface area contributed by atoms with Gasteiger partial charge in [0.05, 0.1) is 12.0 Å². The van der Waals surface area contributed by atoms with Crippen LogP contribution >= 0.6 is 0 Å². The molecule has 0 aliphatic rings. The van der Waals surface area contributed by atoms with Crippen LogP contribution in [0.2, 0.25) is 0 Å². The summed E-state index contributed by atoms with van der Waals surface area (Å²) in [5.41, 5.74) is 8.35. The van der Waals surface area contributed by atoms with Gasteiger partial charge in [-0.3, -0.25) is 9.52 Å². The van der Waals surface area contributed by atoms with Gasteiger partial charge in [0.15, 0.2) is 11.5 Å². The van der Waals surface area contributed by atoms with Crippen molar-refractivity contribution in [1.82, 2.24) is 19.5 Å². The summed E-state index contributed by atoms with van der Waals surface area (Å²) in [7, 11) is -2.78. The largest absolute Gasteiger partial charge is 0.382 e. The van der Waals surface area contributed by atoms with Crippen LogP contribution in [-0.2, 0) is 22.2 Å². The molecule has 0 bridgehead atoms. The number of carbonyl (C=O) groups is 1. The van der Waals surface area contributed by atoms with Gasteiger partial charge in [0.25, 0.3) is 0 Å². The molecule has 2 heterocycles. The summed E-state index contributed by atoms with van der Waals surface area (Å²) in [6, 6.07) is 4.86. The first kappa shape index (κ1) is 16.6. The number of nitrogens with one attached hydrogen (secondary N) is 2. The van der Waals surface area contributed by atoms with E-state index in [4.69, 9.17) is 5.73 Å². The quantitative estimate of drug-likeness (QED) is 0.478. The van der Waals surface area contributed by atoms with Gasteiger partial charge in [0, 0.05) is 5.69 Å². The predicted molar refractivity (Wildman–Crippen MR) is 93.5 cm³/mol. The minimum atomic E-state index is -2.78. The first-order chi connectivity index (χ1) is 11.9. The Kier molecular flexibility index (Phi) is 4.48. The summed E-state index contributed by atoms with van der Waals surface area (Å²) in [5.74, 6) is -0.0914. The number of fused-ring (bicyclic) bond motifs is 1. The Morgan fingerprint density at radius 3 is 2.84 bits per heavy atom. The zero-order chi connectivity index (χ0) is 18.0. The van der Waals surface area contributed by atoms with Gasteiger partial charge in [-0.1, -0.05) is 6.07 Å². The van der Waals surface area contributed by atoms with Gasteiger partial charge in [-0.15, -0.1) is 0 Å². The molecule has 1 aromatic carbocycles. The van der Waals surface area contributed by atoms with Crippen LogP contribution < -0.4 is 15.8 Å². The Morgan fingerprint density at radius 1 is 1.28 bits per heavy atom. The first-order valence-electron chi connectivity index (χ1n) is 7.17. The highest BCUT2D eigenvalue weighted by Crippen LogP contribution is 2.21. The highest BCUT2D eigenvalue weighted by molar-refractivity contribution is 7.73. The maximum absolute atomic E-state index is 12.3. The number of anilines is 3. The monoisotopic (exact) mass is 361 g/mol. The highest BCUT2D eigenvalue weighted by Gasteiger charge is 2.12. The van der Waals surface area contributed by atoms with E-state index in [1.165, 1.54) is 12.7 Å². The molecule has 0 radical (unpaired) electrons. The first-order valence-corrected chi connectivity index (χ1v) is 8.34. The molecular weight excluding hydrogens is 346 g/mol. The number of rotatable bonds is 5. The maximum atomic E-state index is 12.3. The molecule has 0 saturated heterocycles. The third-order valence-corrected chi connectivity index (χ3v) is 3.92. The number of hydrogen-bond acceptors (Lipinski definition) is 7. The van der Waals surface area contributed by atoms with Crippen molar-refractivity contribution in [3.63, 3.8) is 0 Å². The molecule has 0 spiro atoms. The van der Waals surface area contributed by atoms with Gasteiger partial charge in [-0.05, 0) is 24.6 Å². The van der Waals surface area contributed by atoms with Crippen molar-refractivity contribution in [2.45, 2.75) is 13.5 Å². The summed E-state index contributed by atoms with van der Waals surface area (Å²) in [4.78, 5) is 24.3. The normalized spacial score (nSPS) is 11.0. The number of nitrogen functional groups attached to an aromatic ring is 1. The second-order valence-electron chi connectivity index (χ2n) is 5.25. The van der Waals surface area contributed by atoms with E-state index in [-0.39, 0.29) is 18.3 Å². The maximum Gasteiger partial charge on any atom is 0.244 e. The Hall–Kier alpha value is -3.21. The van der Waals surface area contributed by atoms with Crippen molar-refractivity contribution < 1.29 is 13.2 Å². The molecule has 0 aliphatic carbocycles. The van der Waals surface area contributed by atoms with E-state index in [0.717, 1.165) is 5.56 Å². The second kappa shape index (κ2) is 6.73. The van der Waals surface area contributed by atoms with Gasteiger partial charge in [-0.2, -0.15) is 0 Å². The van der Waals surface area contributed by atoms with Crippen molar-refractivity contribution in [1.29, 1.82) is 0 Å². The average molecular weight is 361 g/mol. The molecule has 0 saturated carbocycles. The van der Waals surface area contributed by atoms with E-state index >= 15 is 0 Å². The lowest BCUT2D eigenvalue weighted by atomic mass is 10.2. The van der Waals surface area contributed by atoms with Crippen LogP contribution in [0.3, 0.4) is 0 Å². The molecule has 0 aliphatic heterocycles. The molecule has 4 N–H and O–H groups in total. The SMILES string of the molecule is Cc1ccc(N[SH](=O)=O)cc1NC(=O)Cn1cnc2ncnc(N)c21. The number of thiol groups is 1. The molecule has 25 heavy (non-hydrogen) atoms. The molecule has 0 fully saturated rings. The number of benzene rings is 1. The fraction of sp³-hybridized carbons (Fsp3) is 0.143. The molecule has 130 valence electrons. The van der Waals surface area contributed by atoms with Crippen molar-refractivity contribution in [3.05, 3.63) is 36.4 Å². The Morgan fingerprint density at radius 2 is 2.08 bits per heavy atom. The molecule has 1 amide bonds. The number of aryl methyl sites for hydroxylation is 1. The Labute approximate surface area is 144 Å². The summed E-state index contributed by atoms with van der Waals surface area (Å²) < 4.78 is 25.3. The lowest BCUT2D eigenvalue weighted by Crippen LogP contribution is -2.19. The van der Waals surface area contributed by atoms with Gasteiger partial charge in [0.1, 0.15) is 18.4 Å². The Bertz CT molecular complexity index is 1020. The lowest BCUT2D eigenvalue weighted by molar-refractivity contribution is -0.116. The summed E-state index contributed by atoms with van der Waals surface area (Å²) in [6.45, 7) is 1.76. The van der Waals surface area contributed by atoms with Crippen molar-refractivity contribution in [2.24, 2.45) is 0 Å². The number of hydrogen-bond donors (Lipinski definition) is 4.